The maximum Gasteiger partial charge on any atom is 0.236 e. The zero-order valence-corrected chi connectivity index (χ0v) is 12.6. The molecule has 1 atom stereocenters. The van der Waals surface area contributed by atoms with E-state index in [0.29, 0.717) is 18.6 Å². The fraction of sp³-hybridized carbons (Fsp3) is 0.929. The van der Waals surface area contributed by atoms with Crippen LogP contribution >= 0.6 is 0 Å². The molecule has 0 aliphatic carbocycles. The van der Waals surface area contributed by atoms with Crippen LogP contribution in [0, 0.1) is 0 Å². The van der Waals surface area contributed by atoms with Gasteiger partial charge in [0, 0.05) is 25.7 Å². The van der Waals surface area contributed by atoms with Gasteiger partial charge in [-0.3, -0.25) is 9.69 Å². The minimum absolute atomic E-state index is 0.265. The van der Waals surface area contributed by atoms with Crippen LogP contribution in [0.4, 0.5) is 0 Å². The molecule has 0 bridgehead atoms. The number of nitrogens with zero attached hydrogens (tertiary/aromatic N) is 3. The summed E-state index contributed by atoms with van der Waals surface area (Å²) in [5.41, 5.74) is 0. The lowest BCUT2D eigenvalue weighted by Crippen LogP contribution is -2.48. The van der Waals surface area contributed by atoms with Crippen molar-refractivity contribution in [1.29, 1.82) is 0 Å². The number of hydrogen-bond acceptors (Lipinski definition) is 4. The van der Waals surface area contributed by atoms with Gasteiger partial charge in [-0.2, -0.15) is 0 Å². The first-order chi connectivity index (χ1) is 9.08. The van der Waals surface area contributed by atoms with Gasteiger partial charge in [0.05, 0.1) is 6.54 Å². The number of likely N-dealkylation sites (N-methyl/N-ethyl adjacent to an activating group) is 3. The van der Waals surface area contributed by atoms with E-state index in [1.807, 2.05) is 11.9 Å². The zero-order chi connectivity index (χ0) is 13.8. The van der Waals surface area contributed by atoms with Crippen LogP contribution < -0.4 is 5.32 Å². The van der Waals surface area contributed by atoms with Gasteiger partial charge in [0.1, 0.15) is 0 Å². The van der Waals surface area contributed by atoms with Crippen molar-refractivity contribution in [2.45, 2.75) is 31.3 Å². The van der Waals surface area contributed by atoms with Crippen LogP contribution in [-0.2, 0) is 4.79 Å². The Bertz CT molecular complexity index is 304. The standard InChI is InChI=1S/C14H28N4O/c1-16-9-6-13(10-16)18(3)14(19)11-17(2)12-4-7-15-8-5-12/h12-13,15H,4-11H2,1-3H3/t13-/m0/s1. The Morgan fingerprint density at radius 2 is 1.89 bits per heavy atom. The first-order valence-electron chi connectivity index (χ1n) is 7.43. The predicted octanol–water partition coefficient (Wildman–Crippen LogP) is -0.167. The molecule has 2 fully saturated rings. The minimum atomic E-state index is 0.265. The molecule has 0 aromatic carbocycles. The van der Waals surface area contributed by atoms with Crippen LogP contribution in [0.15, 0.2) is 0 Å². The van der Waals surface area contributed by atoms with Gasteiger partial charge in [-0.05, 0) is 53.0 Å². The second-order valence-corrected chi connectivity index (χ2v) is 6.11. The van der Waals surface area contributed by atoms with E-state index in [1.165, 1.54) is 0 Å². The molecule has 2 heterocycles. The van der Waals surface area contributed by atoms with Crippen LogP contribution in [0.5, 0.6) is 0 Å². The quantitative estimate of drug-likeness (QED) is 0.768. The van der Waals surface area contributed by atoms with Crippen molar-refractivity contribution >= 4 is 5.91 Å². The molecule has 0 saturated carbocycles. The Hall–Kier alpha value is -0.650. The molecule has 5 heteroatoms. The van der Waals surface area contributed by atoms with E-state index in [9.17, 15) is 4.79 Å². The fourth-order valence-electron chi connectivity index (χ4n) is 3.13. The summed E-state index contributed by atoms with van der Waals surface area (Å²) in [7, 11) is 6.17. The van der Waals surface area contributed by atoms with E-state index in [4.69, 9.17) is 0 Å². The third-order valence-corrected chi connectivity index (χ3v) is 4.62. The Kier molecular flexibility index (Phi) is 5.19. The van der Waals surface area contributed by atoms with Gasteiger partial charge in [0.2, 0.25) is 5.91 Å². The Morgan fingerprint density at radius 3 is 2.47 bits per heavy atom. The van der Waals surface area contributed by atoms with E-state index in [1.54, 1.807) is 0 Å². The molecule has 1 N–H and O–H groups in total. The number of carbonyl (C=O) groups is 1. The van der Waals surface area contributed by atoms with Crippen LogP contribution in [0.2, 0.25) is 0 Å². The summed E-state index contributed by atoms with van der Waals surface area (Å²) in [4.78, 5) is 18.8. The topological polar surface area (TPSA) is 38.8 Å². The van der Waals surface area contributed by atoms with E-state index in [0.717, 1.165) is 45.4 Å². The molecule has 0 radical (unpaired) electrons. The summed E-state index contributed by atoms with van der Waals surface area (Å²) < 4.78 is 0. The molecule has 2 aliphatic rings. The summed E-state index contributed by atoms with van der Waals surface area (Å²) >= 11 is 0. The normalized spacial score (nSPS) is 26.0. The fourth-order valence-corrected chi connectivity index (χ4v) is 3.13. The van der Waals surface area contributed by atoms with Crippen molar-refractivity contribution in [3.63, 3.8) is 0 Å². The minimum Gasteiger partial charge on any atom is -0.340 e. The molecule has 0 aromatic rings. The predicted molar refractivity (Wildman–Crippen MR) is 77.2 cm³/mol. The molecule has 2 saturated heterocycles. The van der Waals surface area contributed by atoms with Gasteiger partial charge in [-0.15, -0.1) is 0 Å². The van der Waals surface area contributed by atoms with Gasteiger partial charge in [0.25, 0.3) is 0 Å². The number of piperidine rings is 1. The highest BCUT2D eigenvalue weighted by atomic mass is 16.2. The SMILES string of the molecule is CN1CC[C@H](N(C)C(=O)CN(C)C2CCNCC2)C1. The molecule has 0 unspecified atom stereocenters. The first-order valence-corrected chi connectivity index (χ1v) is 7.43. The highest BCUT2D eigenvalue weighted by Crippen LogP contribution is 2.14. The van der Waals surface area contributed by atoms with E-state index in [2.05, 4.69) is 29.2 Å². The summed E-state index contributed by atoms with van der Waals surface area (Å²) in [5.74, 6) is 0.265. The number of rotatable bonds is 4. The number of nitrogens with one attached hydrogen (secondary N) is 1. The number of carbonyl (C=O) groups excluding carboxylic acids is 1. The van der Waals surface area contributed by atoms with Crippen molar-refractivity contribution in [1.82, 2.24) is 20.0 Å². The smallest absolute Gasteiger partial charge is 0.236 e. The highest BCUT2D eigenvalue weighted by molar-refractivity contribution is 5.78. The average Bonchev–Trinajstić information content (AvgIpc) is 2.85. The lowest BCUT2D eigenvalue weighted by atomic mass is 10.1. The van der Waals surface area contributed by atoms with Crippen molar-refractivity contribution in [3.05, 3.63) is 0 Å². The third-order valence-electron chi connectivity index (χ3n) is 4.62. The van der Waals surface area contributed by atoms with Gasteiger partial charge < -0.3 is 15.1 Å². The van der Waals surface area contributed by atoms with E-state index < -0.39 is 0 Å². The van der Waals surface area contributed by atoms with Crippen LogP contribution in [-0.4, -0.2) is 86.6 Å². The first kappa shape index (κ1) is 14.8. The van der Waals surface area contributed by atoms with Crippen LogP contribution in [0.1, 0.15) is 19.3 Å². The van der Waals surface area contributed by atoms with Crippen LogP contribution in [0.25, 0.3) is 0 Å². The maximum absolute atomic E-state index is 12.3. The molecular formula is C14H28N4O. The molecule has 1 amide bonds. The van der Waals surface area contributed by atoms with E-state index in [-0.39, 0.29) is 5.91 Å². The molecule has 2 aliphatic heterocycles. The largest absolute Gasteiger partial charge is 0.340 e. The summed E-state index contributed by atoms with van der Waals surface area (Å²) in [6, 6.07) is 0.962. The Balaban J connectivity index is 1.79. The van der Waals surface area contributed by atoms with Gasteiger partial charge in [-0.1, -0.05) is 0 Å². The molecule has 0 aromatic heterocycles. The van der Waals surface area contributed by atoms with Crippen molar-refractivity contribution in [2.75, 3.05) is 53.9 Å². The lowest BCUT2D eigenvalue weighted by Gasteiger charge is -2.33. The summed E-state index contributed by atoms with van der Waals surface area (Å²) in [6.07, 6.45) is 3.41. The van der Waals surface area contributed by atoms with Crippen LogP contribution in [0.3, 0.4) is 0 Å². The second kappa shape index (κ2) is 6.68. The maximum atomic E-state index is 12.3. The average molecular weight is 268 g/mol. The number of hydrogen-bond donors (Lipinski definition) is 1. The third kappa shape index (κ3) is 3.91. The molecule has 0 spiro atoms. The molecule has 19 heavy (non-hydrogen) atoms. The molecule has 2 rings (SSSR count). The Labute approximate surface area is 116 Å². The molecular weight excluding hydrogens is 240 g/mol. The monoisotopic (exact) mass is 268 g/mol. The van der Waals surface area contributed by atoms with Crippen molar-refractivity contribution in [3.8, 4) is 0 Å². The van der Waals surface area contributed by atoms with Gasteiger partial charge in [0.15, 0.2) is 0 Å². The van der Waals surface area contributed by atoms with Gasteiger partial charge in [-0.25, -0.2) is 0 Å². The zero-order valence-electron chi connectivity index (χ0n) is 12.6. The van der Waals surface area contributed by atoms with Crippen molar-refractivity contribution in [2.24, 2.45) is 0 Å². The van der Waals surface area contributed by atoms with E-state index >= 15 is 0 Å². The lowest BCUT2D eigenvalue weighted by molar-refractivity contribution is -0.133. The second-order valence-electron chi connectivity index (χ2n) is 6.11. The number of amides is 1. The van der Waals surface area contributed by atoms with Gasteiger partial charge >= 0.3 is 0 Å². The highest BCUT2D eigenvalue weighted by Gasteiger charge is 2.28. The number of likely N-dealkylation sites (tertiary alicyclic amines) is 1. The van der Waals surface area contributed by atoms with Crippen molar-refractivity contribution < 1.29 is 4.79 Å². The molecule has 110 valence electrons. The summed E-state index contributed by atoms with van der Waals surface area (Å²) in [5, 5.41) is 3.37. The molecule has 5 nitrogen and oxygen atoms in total. The summed E-state index contributed by atoms with van der Waals surface area (Å²) in [6.45, 7) is 4.83. The Morgan fingerprint density at radius 1 is 1.21 bits per heavy atom.